The lowest BCUT2D eigenvalue weighted by atomic mass is 10.1. The Balaban J connectivity index is 2.01. The number of pyridine rings is 1. The Morgan fingerprint density at radius 1 is 1.08 bits per heavy atom. The molecule has 0 atom stereocenters. The Bertz CT molecular complexity index is 1160. The van der Waals surface area contributed by atoms with Gasteiger partial charge in [-0.1, -0.05) is 47.1 Å². The minimum absolute atomic E-state index is 0.269. The van der Waals surface area contributed by atoms with Gasteiger partial charge in [-0.15, -0.1) is 0 Å². The number of halogens is 1. The number of para-hydroxylation sites is 1. The molecule has 0 saturated carbocycles. The van der Waals surface area contributed by atoms with Crippen LogP contribution in [-0.4, -0.2) is 14.7 Å². The number of nitrogens with zero attached hydrogens (tertiary/aromatic N) is 3. The number of rotatable bonds is 2. The quantitative estimate of drug-likeness (QED) is 0.505. The monoisotopic (exact) mass is 351 g/mol. The Labute approximate surface area is 148 Å². The van der Waals surface area contributed by atoms with E-state index in [0.717, 1.165) is 22.0 Å². The van der Waals surface area contributed by atoms with Crippen LogP contribution in [-0.2, 0) is 0 Å². The number of aryl methyl sites for hydroxylation is 2. The van der Waals surface area contributed by atoms with Crippen LogP contribution >= 0.6 is 11.6 Å². The van der Waals surface area contributed by atoms with Crippen LogP contribution in [0.15, 0.2) is 57.8 Å². The molecule has 0 aliphatic rings. The van der Waals surface area contributed by atoms with Crippen molar-refractivity contribution in [2.75, 3.05) is 0 Å². The third kappa shape index (κ3) is 2.62. The lowest BCUT2D eigenvalue weighted by Crippen LogP contribution is -2.14. The van der Waals surface area contributed by atoms with E-state index in [-0.39, 0.29) is 5.15 Å². The van der Waals surface area contributed by atoms with Crippen molar-refractivity contribution in [1.29, 1.82) is 0 Å². The molecule has 2 aromatic heterocycles. The van der Waals surface area contributed by atoms with Crippen molar-refractivity contribution in [3.63, 3.8) is 0 Å². The molecule has 6 heteroatoms. The van der Waals surface area contributed by atoms with Crippen LogP contribution < -0.4 is 5.76 Å². The van der Waals surface area contributed by atoms with E-state index in [1.54, 1.807) is 0 Å². The van der Waals surface area contributed by atoms with Crippen LogP contribution in [0.1, 0.15) is 11.1 Å². The van der Waals surface area contributed by atoms with Crippen molar-refractivity contribution < 1.29 is 4.52 Å². The molecule has 4 rings (SSSR count). The van der Waals surface area contributed by atoms with Crippen LogP contribution in [0.2, 0.25) is 5.15 Å². The van der Waals surface area contributed by atoms with Crippen LogP contribution in [0.5, 0.6) is 0 Å². The summed E-state index contributed by atoms with van der Waals surface area (Å²) in [5, 5.41) is 5.13. The van der Waals surface area contributed by atoms with Crippen molar-refractivity contribution >= 4 is 22.5 Å². The van der Waals surface area contributed by atoms with Gasteiger partial charge in [0, 0.05) is 5.39 Å². The molecule has 4 aromatic rings. The minimum atomic E-state index is -0.562. The summed E-state index contributed by atoms with van der Waals surface area (Å²) in [6.45, 7) is 3.89. The fourth-order valence-corrected chi connectivity index (χ4v) is 3.07. The second-order valence-electron chi connectivity index (χ2n) is 5.92. The third-order valence-corrected chi connectivity index (χ3v) is 4.42. The van der Waals surface area contributed by atoms with Gasteiger partial charge in [-0.05, 0) is 43.2 Å². The number of hydrogen-bond donors (Lipinski definition) is 0. The van der Waals surface area contributed by atoms with E-state index >= 15 is 0 Å². The zero-order chi connectivity index (χ0) is 17.6. The van der Waals surface area contributed by atoms with Crippen molar-refractivity contribution in [2.24, 2.45) is 0 Å². The molecule has 0 unspecified atom stereocenters. The Hall–Kier alpha value is -2.92. The summed E-state index contributed by atoms with van der Waals surface area (Å²) in [4.78, 5) is 16.7. The summed E-state index contributed by atoms with van der Waals surface area (Å²) in [7, 11) is 0. The van der Waals surface area contributed by atoms with Gasteiger partial charge in [0.1, 0.15) is 5.15 Å². The highest BCUT2D eigenvalue weighted by Gasteiger charge is 2.20. The average Bonchev–Trinajstić information content (AvgIpc) is 2.97. The third-order valence-electron chi connectivity index (χ3n) is 4.13. The first-order chi connectivity index (χ1) is 12.0. The first-order valence-corrected chi connectivity index (χ1v) is 8.14. The van der Waals surface area contributed by atoms with E-state index in [0.29, 0.717) is 17.1 Å². The van der Waals surface area contributed by atoms with Gasteiger partial charge in [0.05, 0.1) is 16.8 Å². The standard InChI is InChI=1S/C19H14ClN3O2/c1-11-7-8-12(2)16(9-11)23-18(22-25-19(23)24)14-10-13-5-3-4-6-15(13)21-17(14)20/h3-10H,1-2H3. The number of benzene rings is 2. The SMILES string of the molecule is Cc1ccc(C)c(-n2c(-c3cc4ccccc4nc3Cl)noc2=O)c1. The summed E-state index contributed by atoms with van der Waals surface area (Å²) in [6.07, 6.45) is 0. The predicted octanol–water partition coefficient (Wildman–Crippen LogP) is 4.31. The summed E-state index contributed by atoms with van der Waals surface area (Å²) in [6, 6.07) is 15.4. The van der Waals surface area contributed by atoms with Gasteiger partial charge < -0.3 is 0 Å². The van der Waals surface area contributed by atoms with E-state index in [4.69, 9.17) is 16.1 Å². The van der Waals surface area contributed by atoms with Gasteiger partial charge in [-0.2, -0.15) is 0 Å². The summed E-state index contributed by atoms with van der Waals surface area (Å²) < 4.78 is 6.37. The van der Waals surface area contributed by atoms with Gasteiger partial charge in [0.15, 0.2) is 5.82 Å². The normalized spacial score (nSPS) is 11.2. The van der Waals surface area contributed by atoms with Crippen molar-refractivity contribution in [1.82, 2.24) is 14.7 Å². The van der Waals surface area contributed by atoms with Gasteiger partial charge in [0.25, 0.3) is 0 Å². The van der Waals surface area contributed by atoms with Crippen LogP contribution in [0.3, 0.4) is 0 Å². The Morgan fingerprint density at radius 2 is 1.88 bits per heavy atom. The molecule has 0 bridgehead atoms. The summed E-state index contributed by atoms with van der Waals surface area (Å²) in [5.41, 5.74) is 4.00. The van der Waals surface area contributed by atoms with Crippen LogP contribution in [0.4, 0.5) is 0 Å². The van der Waals surface area contributed by atoms with Crippen molar-refractivity contribution in [3.8, 4) is 17.1 Å². The Morgan fingerprint density at radius 3 is 2.72 bits per heavy atom. The molecule has 0 fully saturated rings. The molecule has 25 heavy (non-hydrogen) atoms. The zero-order valence-electron chi connectivity index (χ0n) is 13.7. The lowest BCUT2D eigenvalue weighted by Gasteiger charge is -2.10. The van der Waals surface area contributed by atoms with Crippen LogP contribution in [0.25, 0.3) is 28.0 Å². The second-order valence-corrected chi connectivity index (χ2v) is 6.27. The molecule has 2 heterocycles. The topological polar surface area (TPSA) is 60.9 Å². The van der Waals surface area contributed by atoms with Crippen LogP contribution in [0, 0.1) is 13.8 Å². The maximum absolute atomic E-state index is 12.3. The molecular formula is C19H14ClN3O2. The predicted molar refractivity (Wildman–Crippen MR) is 97.3 cm³/mol. The number of hydrogen-bond acceptors (Lipinski definition) is 4. The molecule has 0 saturated heterocycles. The van der Waals surface area contributed by atoms with Gasteiger partial charge in [-0.25, -0.2) is 14.3 Å². The molecular weight excluding hydrogens is 338 g/mol. The molecule has 0 amide bonds. The highest BCUT2D eigenvalue weighted by atomic mass is 35.5. The summed E-state index contributed by atoms with van der Waals surface area (Å²) in [5.74, 6) is -0.227. The molecule has 0 spiro atoms. The highest BCUT2D eigenvalue weighted by molar-refractivity contribution is 6.32. The minimum Gasteiger partial charge on any atom is -0.295 e. The maximum atomic E-state index is 12.3. The summed E-state index contributed by atoms with van der Waals surface area (Å²) >= 11 is 6.37. The molecule has 2 aromatic carbocycles. The smallest absolute Gasteiger partial charge is 0.295 e. The first kappa shape index (κ1) is 15.6. The largest absolute Gasteiger partial charge is 0.446 e. The van der Waals surface area contributed by atoms with E-state index in [1.165, 1.54) is 4.57 Å². The van der Waals surface area contributed by atoms with E-state index < -0.39 is 5.76 Å². The Kier molecular flexibility index (Phi) is 3.66. The second kappa shape index (κ2) is 5.86. The molecule has 0 radical (unpaired) electrons. The van der Waals surface area contributed by atoms with Gasteiger partial charge >= 0.3 is 5.76 Å². The van der Waals surface area contributed by atoms with Crippen molar-refractivity contribution in [3.05, 3.63) is 75.4 Å². The van der Waals surface area contributed by atoms with Gasteiger partial charge in [-0.3, -0.25) is 4.52 Å². The highest BCUT2D eigenvalue weighted by Crippen LogP contribution is 2.30. The fourth-order valence-electron chi connectivity index (χ4n) is 2.84. The molecule has 124 valence electrons. The molecule has 0 N–H and O–H groups in total. The molecule has 0 aliphatic carbocycles. The van der Waals surface area contributed by atoms with Crippen molar-refractivity contribution in [2.45, 2.75) is 13.8 Å². The van der Waals surface area contributed by atoms with E-state index in [2.05, 4.69) is 10.1 Å². The fraction of sp³-hybridized carbons (Fsp3) is 0.105. The van der Waals surface area contributed by atoms with E-state index in [1.807, 2.05) is 62.4 Å². The number of fused-ring (bicyclic) bond motifs is 1. The van der Waals surface area contributed by atoms with Gasteiger partial charge in [0.2, 0.25) is 0 Å². The average molecular weight is 352 g/mol. The van der Waals surface area contributed by atoms with E-state index in [9.17, 15) is 4.79 Å². The number of aromatic nitrogens is 3. The lowest BCUT2D eigenvalue weighted by molar-refractivity contribution is 0.383. The molecule has 0 aliphatic heterocycles. The molecule has 5 nitrogen and oxygen atoms in total. The zero-order valence-corrected chi connectivity index (χ0v) is 14.4. The first-order valence-electron chi connectivity index (χ1n) is 7.76. The maximum Gasteiger partial charge on any atom is 0.446 e.